The van der Waals surface area contributed by atoms with E-state index in [4.69, 9.17) is 9.84 Å². The summed E-state index contributed by atoms with van der Waals surface area (Å²) in [6, 6.07) is 17.0. The van der Waals surface area contributed by atoms with Gasteiger partial charge in [0, 0.05) is 6.61 Å². The molecule has 2 aromatic rings. The Hall–Kier alpha value is -3.02. The van der Waals surface area contributed by atoms with Crippen molar-refractivity contribution in [2.24, 2.45) is 17.8 Å². The summed E-state index contributed by atoms with van der Waals surface area (Å²) in [6.07, 6.45) is 20.0. The molecule has 2 aromatic carbocycles. The molecule has 0 aromatic heterocycles. The Kier molecular flexibility index (Phi) is 18.8. The Balaban J connectivity index is 0.00000126. The standard InChI is InChI=1S/C41H60O4.C4H6O/c1-4-6-7-8-34-23-24-39(27-33(34)5-2)37-21-19-36(20-22-37)35-15-11-31(12-16-35)9-10-32-13-17-38(18-14-32)40(29-43)25-26-45-41(44)30(3)28-42;1-4(2)3-5/h11-12,15-16,23-24,27,32,36-38,40,42-43H,3-10,13-14,17-22,25-26,28-29H2,1-2H3;3H,1H2,2H3. The summed E-state index contributed by atoms with van der Waals surface area (Å²) in [5, 5.41) is 19.0. The molecule has 276 valence electrons. The lowest BCUT2D eigenvalue weighted by Crippen LogP contribution is -2.26. The van der Waals surface area contributed by atoms with Gasteiger partial charge in [-0.1, -0.05) is 95.2 Å². The van der Waals surface area contributed by atoms with Crippen molar-refractivity contribution in [3.8, 4) is 0 Å². The zero-order chi connectivity index (χ0) is 36.3. The minimum absolute atomic E-state index is 0.0771. The summed E-state index contributed by atoms with van der Waals surface area (Å²) in [5.41, 5.74) is 8.36. The molecule has 0 spiro atoms. The SMILES string of the molecule is C=C(C)C=O.C=C(CO)C(=O)OCCC(CO)C1CCC(CCc2ccc(C3CCC(c4ccc(CCCCC)c(CC)c4)CC3)cc2)CC1. The van der Waals surface area contributed by atoms with Crippen LogP contribution in [0.4, 0.5) is 0 Å². The molecule has 50 heavy (non-hydrogen) atoms. The Morgan fingerprint density at radius 2 is 1.48 bits per heavy atom. The van der Waals surface area contributed by atoms with E-state index in [0.29, 0.717) is 29.7 Å². The van der Waals surface area contributed by atoms with Crippen molar-refractivity contribution in [3.05, 3.63) is 94.6 Å². The third kappa shape index (κ3) is 13.6. The molecule has 5 heteroatoms. The fraction of sp³-hybridized carbons (Fsp3) is 0.600. The molecule has 0 amide bonds. The average Bonchev–Trinajstić information content (AvgIpc) is 3.16. The Labute approximate surface area is 303 Å². The maximum absolute atomic E-state index is 11.7. The molecule has 5 nitrogen and oxygen atoms in total. The molecule has 1 atom stereocenters. The molecule has 2 saturated carbocycles. The van der Waals surface area contributed by atoms with Gasteiger partial charge in [-0.05, 0) is 147 Å². The summed E-state index contributed by atoms with van der Waals surface area (Å²) in [7, 11) is 0. The first-order chi connectivity index (χ1) is 24.2. The molecule has 0 saturated heterocycles. The van der Waals surface area contributed by atoms with Crippen molar-refractivity contribution < 1.29 is 24.5 Å². The zero-order valence-electron chi connectivity index (χ0n) is 31.5. The normalized spacial score (nSPS) is 21.0. The van der Waals surface area contributed by atoms with E-state index >= 15 is 0 Å². The van der Waals surface area contributed by atoms with Crippen LogP contribution in [0, 0.1) is 17.8 Å². The number of hydrogen-bond donors (Lipinski definition) is 2. The zero-order valence-corrected chi connectivity index (χ0v) is 31.5. The Morgan fingerprint density at radius 1 is 0.860 bits per heavy atom. The van der Waals surface area contributed by atoms with Crippen molar-refractivity contribution in [1.29, 1.82) is 0 Å². The van der Waals surface area contributed by atoms with Crippen LogP contribution in [-0.4, -0.2) is 42.3 Å². The molecule has 4 rings (SSSR count). The van der Waals surface area contributed by atoms with Crippen molar-refractivity contribution in [2.75, 3.05) is 19.8 Å². The van der Waals surface area contributed by atoms with Gasteiger partial charge in [0.1, 0.15) is 6.29 Å². The first-order valence-corrected chi connectivity index (χ1v) is 19.6. The number of carbonyl (C=O) groups excluding carboxylic acids is 2. The van der Waals surface area contributed by atoms with Crippen molar-refractivity contribution >= 4 is 12.3 Å². The number of aryl methyl sites for hydroxylation is 3. The smallest absolute Gasteiger partial charge is 0.335 e. The summed E-state index contributed by atoms with van der Waals surface area (Å²) in [6.45, 7) is 13.1. The monoisotopic (exact) mass is 686 g/mol. The second-order valence-corrected chi connectivity index (χ2v) is 15.0. The van der Waals surface area contributed by atoms with E-state index in [9.17, 15) is 14.7 Å². The average molecular weight is 687 g/mol. The van der Waals surface area contributed by atoms with E-state index in [1.54, 1.807) is 23.6 Å². The molecular formula is C45H66O5. The fourth-order valence-corrected chi connectivity index (χ4v) is 8.02. The lowest BCUT2D eigenvalue weighted by molar-refractivity contribution is -0.140. The van der Waals surface area contributed by atoms with Crippen LogP contribution < -0.4 is 0 Å². The first-order valence-electron chi connectivity index (χ1n) is 19.6. The Bertz CT molecular complexity index is 1310. The number of allylic oxidation sites excluding steroid dienone is 1. The van der Waals surface area contributed by atoms with Crippen LogP contribution >= 0.6 is 0 Å². The second-order valence-electron chi connectivity index (χ2n) is 15.0. The number of esters is 1. The van der Waals surface area contributed by atoms with Crippen LogP contribution in [0.5, 0.6) is 0 Å². The van der Waals surface area contributed by atoms with Gasteiger partial charge in [0.05, 0.1) is 18.8 Å². The maximum Gasteiger partial charge on any atom is 0.335 e. The number of benzene rings is 2. The van der Waals surface area contributed by atoms with Crippen LogP contribution in [0.2, 0.25) is 0 Å². The van der Waals surface area contributed by atoms with Gasteiger partial charge in [0.25, 0.3) is 0 Å². The third-order valence-corrected chi connectivity index (χ3v) is 11.3. The number of aliphatic hydroxyl groups excluding tert-OH is 2. The summed E-state index contributed by atoms with van der Waals surface area (Å²) >= 11 is 0. The van der Waals surface area contributed by atoms with E-state index in [0.717, 1.165) is 37.9 Å². The van der Waals surface area contributed by atoms with Gasteiger partial charge >= 0.3 is 5.97 Å². The predicted octanol–water partition coefficient (Wildman–Crippen LogP) is 10.0. The highest BCUT2D eigenvalue weighted by molar-refractivity contribution is 5.87. The van der Waals surface area contributed by atoms with Crippen LogP contribution in [0.25, 0.3) is 0 Å². The molecule has 0 aliphatic heterocycles. The van der Waals surface area contributed by atoms with Gasteiger partial charge in [-0.15, -0.1) is 0 Å². The van der Waals surface area contributed by atoms with Crippen molar-refractivity contribution in [2.45, 2.75) is 135 Å². The van der Waals surface area contributed by atoms with Crippen LogP contribution in [0.15, 0.2) is 66.8 Å². The number of ether oxygens (including phenoxy) is 1. The van der Waals surface area contributed by atoms with E-state index in [1.807, 2.05) is 0 Å². The molecule has 0 radical (unpaired) electrons. The van der Waals surface area contributed by atoms with Gasteiger partial charge in [-0.2, -0.15) is 0 Å². The number of aldehydes is 1. The van der Waals surface area contributed by atoms with E-state index in [-0.39, 0.29) is 31.3 Å². The maximum atomic E-state index is 11.7. The van der Waals surface area contributed by atoms with Gasteiger partial charge in [0.15, 0.2) is 0 Å². The third-order valence-electron chi connectivity index (χ3n) is 11.3. The van der Waals surface area contributed by atoms with E-state index < -0.39 is 5.97 Å². The van der Waals surface area contributed by atoms with Crippen LogP contribution in [0.1, 0.15) is 144 Å². The summed E-state index contributed by atoms with van der Waals surface area (Å²) in [4.78, 5) is 21.1. The molecule has 2 aliphatic carbocycles. The Morgan fingerprint density at radius 3 is 2.04 bits per heavy atom. The second kappa shape index (κ2) is 22.7. The molecule has 0 heterocycles. The van der Waals surface area contributed by atoms with Gasteiger partial charge in [-0.3, -0.25) is 4.79 Å². The van der Waals surface area contributed by atoms with E-state index in [2.05, 4.69) is 69.5 Å². The molecule has 1 unspecified atom stereocenters. The lowest BCUT2D eigenvalue weighted by atomic mass is 9.73. The topological polar surface area (TPSA) is 83.8 Å². The largest absolute Gasteiger partial charge is 0.462 e. The predicted molar refractivity (Wildman–Crippen MR) is 206 cm³/mol. The number of rotatable bonds is 18. The first kappa shape index (κ1) is 41.4. The van der Waals surface area contributed by atoms with Gasteiger partial charge in [-0.25, -0.2) is 4.79 Å². The number of unbranched alkanes of at least 4 members (excludes halogenated alkanes) is 2. The molecule has 0 bridgehead atoms. The highest BCUT2D eigenvalue weighted by Crippen LogP contribution is 2.41. The minimum Gasteiger partial charge on any atom is -0.462 e. The van der Waals surface area contributed by atoms with Crippen molar-refractivity contribution in [1.82, 2.24) is 0 Å². The van der Waals surface area contributed by atoms with E-state index in [1.165, 1.54) is 81.8 Å². The highest BCUT2D eigenvalue weighted by Gasteiger charge is 2.28. The van der Waals surface area contributed by atoms with Crippen LogP contribution in [-0.2, 0) is 33.6 Å². The molecule has 2 aliphatic rings. The fourth-order valence-electron chi connectivity index (χ4n) is 8.02. The molecular weight excluding hydrogens is 620 g/mol. The highest BCUT2D eigenvalue weighted by atomic mass is 16.5. The summed E-state index contributed by atoms with van der Waals surface area (Å²) in [5.74, 6) is 2.27. The quantitative estimate of drug-likeness (QED) is 0.0706. The van der Waals surface area contributed by atoms with Gasteiger partial charge < -0.3 is 14.9 Å². The number of carbonyl (C=O) groups is 2. The summed E-state index contributed by atoms with van der Waals surface area (Å²) < 4.78 is 5.21. The van der Waals surface area contributed by atoms with Crippen molar-refractivity contribution in [3.63, 3.8) is 0 Å². The number of aliphatic hydroxyl groups is 2. The lowest BCUT2D eigenvalue weighted by Gasteiger charge is -2.33. The van der Waals surface area contributed by atoms with Gasteiger partial charge in [0.2, 0.25) is 0 Å². The minimum atomic E-state index is -0.543. The molecule has 2 fully saturated rings. The van der Waals surface area contributed by atoms with Crippen LogP contribution in [0.3, 0.4) is 0 Å². The number of hydrogen-bond acceptors (Lipinski definition) is 5. The molecule has 2 N–H and O–H groups in total.